The molecule has 2 heterocycles. The number of rotatable bonds is 2. The van der Waals surface area contributed by atoms with Gasteiger partial charge in [-0.3, -0.25) is 0 Å². The van der Waals surface area contributed by atoms with Crippen LogP contribution in [0, 0.1) is 0 Å². The van der Waals surface area contributed by atoms with Crippen molar-refractivity contribution < 1.29 is 0 Å². The SMILES string of the molecule is CN1CCN(c2nc(-c3ccccc3)nc(C(Cl)(Cl)Cl)n2)CC1. The zero-order valence-corrected chi connectivity index (χ0v) is 14.9. The van der Waals surface area contributed by atoms with Crippen molar-refractivity contribution in [2.75, 3.05) is 38.1 Å². The molecule has 0 bridgehead atoms. The lowest BCUT2D eigenvalue weighted by Crippen LogP contribution is -2.45. The lowest BCUT2D eigenvalue weighted by atomic mass is 10.2. The Labute approximate surface area is 150 Å². The predicted octanol–water partition coefficient (Wildman–Crippen LogP) is 3.12. The summed E-state index contributed by atoms with van der Waals surface area (Å²) in [5, 5.41) is 0. The highest BCUT2D eigenvalue weighted by molar-refractivity contribution is 6.66. The molecule has 0 spiro atoms. The van der Waals surface area contributed by atoms with E-state index in [4.69, 9.17) is 34.8 Å². The van der Waals surface area contributed by atoms with Crippen molar-refractivity contribution in [3.8, 4) is 11.4 Å². The van der Waals surface area contributed by atoms with Crippen LogP contribution in [0.2, 0.25) is 0 Å². The first-order valence-electron chi connectivity index (χ1n) is 7.26. The van der Waals surface area contributed by atoms with E-state index in [2.05, 4.69) is 31.8 Å². The van der Waals surface area contributed by atoms with E-state index in [0.29, 0.717) is 11.8 Å². The third-order valence-electron chi connectivity index (χ3n) is 3.70. The molecule has 2 aromatic rings. The fourth-order valence-electron chi connectivity index (χ4n) is 2.36. The molecule has 0 N–H and O–H groups in total. The minimum absolute atomic E-state index is 0.144. The minimum Gasteiger partial charge on any atom is -0.338 e. The maximum absolute atomic E-state index is 6.00. The molecule has 122 valence electrons. The van der Waals surface area contributed by atoms with Gasteiger partial charge in [-0.25, -0.2) is 4.98 Å². The van der Waals surface area contributed by atoms with Gasteiger partial charge in [-0.05, 0) is 7.05 Å². The largest absolute Gasteiger partial charge is 0.338 e. The van der Waals surface area contributed by atoms with Crippen LogP contribution >= 0.6 is 34.8 Å². The Morgan fingerprint density at radius 3 is 2.17 bits per heavy atom. The zero-order valence-electron chi connectivity index (χ0n) is 12.6. The maximum Gasteiger partial charge on any atom is 0.250 e. The maximum atomic E-state index is 6.00. The van der Waals surface area contributed by atoms with Gasteiger partial charge in [0, 0.05) is 31.7 Å². The summed E-state index contributed by atoms with van der Waals surface area (Å²) < 4.78 is -1.69. The molecule has 0 unspecified atom stereocenters. The second kappa shape index (κ2) is 6.77. The molecule has 1 aromatic heterocycles. The van der Waals surface area contributed by atoms with E-state index >= 15 is 0 Å². The number of hydrogen-bond acceptors (Lipinski definition) is 5. The van der Waals surface area contributed by atoms with Gasteiger partial charge in [-0.1, -0.05) is 65.1 Å². The standard InChI is InChI=1S/C15H16Cl3N5/c1-22-7-9-23(10-8-22)14-20-12(11-5-3-2-4-6-11)19-13(21-14)15(16,17)18/h2-6H,7-10H2,1H3. The Balaban J connectivity index is 2.02. The topological polar surface area (TPSA) is 45.2 Å². The summed E-state index contributed by atoms with van der Waals surface area (Å²) in [7, 11) is 2.09. The Morgan fingerprint density at radius 1 is 0.913 bits per heavy atom. The molecule has 0 aliphatic carbocycles. The van der Waals surface area contributed by atoms with Crippen molar-refractivity contribution in [3.63, 3.8) is 0 Å². The number of halogens is 3. The van der Waals surface area contributed by atoms with Crippen molar-refractivity contribution in [2.45, 2.75) is 3.79 Å². The van der Waals surface area contributed by atoms with Crippen molar-refractivity contribution in [1.29, 1.82) is 0 Å². The Bertz CT molecular complexity index is 667. The number of anilines is 1. The van der Waals surface area contributed by atoms with Crippen molar-refractivity contribution in [1.82, 2.24) is 19.9 Å². The average Bonchev–Trinajstić information content (AvgIpc) is 2.55. The fourth-order valence-corrected chi connectivity index (χ4v) is 2.61. The second-order valence-electron chi connectivity index (χ2n) is 5.44. The molecule has 3 rings (SSSR count). The molecule has 23 heavy (non-hydrogen) atoms. The van der Waals surface area contributed by atoms with Gasteiger partial charge in [0.25, 0.3) is 0 Å². The average molecular weight is 373 g/mol. The number of aromatic nitrogens is 3. The van der Waals surface area contributed by atoms with Gasteiger partial charge in [0.15, 0.2) is 11.6 Å². The second-order valence-corrected chi connectivity index (χ2v) is 7.72. The van der Waals surface area contributed by atoms with Gasteiger partial charge in [0.05, 0.1) is 0 Å². The quantitative estimate of drug-likeness (QED) is 0.758. The summed E-state index contributed by atoms with van der Waals surface area (Å²) in [6.45, 7) is 3.53. The van der Waals surface area contributed by atoms with Crippen LogP contribution in [-0.2, 0) is 3.79 Å². The normalized spacial score (nSPS) is 16.6. The van der Waals surface area contributed by atoms with Crippen molar-refractivity contribution >= 4 is 40.8 Å². The van der Waals surface area contributed by atoms with Gasteiger partial charge < -0.3 is 9.80 Å². The third-order valence-corrected chi connectivity index (χ3v) is 4.20. The molecule has 1 aromatic carbocycles. The number of nitrogens with zero attached hydrogens (tertiary/aromatic N) is 5. The van der Waals surface area contributed by atoms with E-state index in [1.165, 1.54) is 0 Å². The van der Waals surface area contributed by atoms with Gasteiger partial charge in [-0.15, -0.1) is 0 Å². The number of alkyl halides is 3. The molecule has 0 radical (unpaired) electrons. The molecule has 1 aliphatic heterocycles. The highest BCUT2D eigenvalue weighted by atomic mass is 35.6. The van der Waals surface area contributed by atoms with Crippen LogP contribution in [0.25, 0.3) is 11.4 Å². The van der Waals surface area contributed by atoms with Crippen molar-refractivity contribution in [2.24, 2.45) is 0 Å². The Morgan fingerprint density at radius 2 is 1.57 bits per heavy atom. The molecular weight excluding hydrogens is 357 g/mol. The first kappa shape index (κ1) is 16.7. The van der Waals surface area contributed by atoms with Gasteiger partial charge >= 0.3 is 0 Å². The molecule has 1 saturated heterocycles. The molecule has 8 heteroatoms. The molecule has 0 amide bonds. The zero-order chi connectivity index (χ0) is 16.4. The molecule has 1 fully saturated rings. The Kier molecular flexibility index (Phi) is 4.92. The van der Waals surface area contributed by atoms with Gasteiger partial charge in [-0.2, -0.15) is 9.97 Å². The van der Waals surface area contributed by atoms with E-state index < -0.39 is 3.79 Å². The smallest absolute Gasteiger partial charge is 0.250 e. The fraction of sp³-hybridized carbons (Fsp3) is 0.400. The van der Waals surface area contributed by atoms with Crippen LogP contribution in [0.5, 0.6) is 0 Å². The van der Waals surface area contributed by atoms with E-state index in [1.807, 2.05) is 30.3 Å². The number of benzene rings is 1. The molecular formula is C15H16Cl3N5. The van der Waals surface area contributed by atoms with Gasteiger partial charge in [0.1, 0.15) is 0 Å². The van der Waals surface area contributed by atoms with Gasteiger partial charge in [0.2, 0.25) is 9.74 Å². The van der Waals surface area contributed by atoms with Crippen LogP contribution < -0.4 is 4.90 Å². The summed E-state index contributed by atoms with van der Waals surface area (Å²) >= 11 is 18.0. The molecule has 5 nitrogen and oxygen atoms in total. The number of hydrogen-bond donors (Lipinski definition) is 0. The van der Waals surface area contributed by atoms with Crippen molar-refractivity contribution in [3.05, 3.63) is 36.2 Å². The van der Waals surface area contributed by atoms with Crippen LogP contribution in [0.1, 0.15) is 5.82 Å². The summed E-state index contributed by atoms with van der Waals surface area (Å²) in [6.07, 6.45) is 0. The highest BCUT2D eigenvalue weighted by Crippen LogP contribution is 2.37. The molecule has 1 aliphatic rings. The lowest BCUT2D eigenvalue weighted by molar-refractivity contribution is 0.311. The van der Waals surface area contributed by atoms with Crippen LogP contribution in [0.15, 0.2) is 30.3 Å². The predicted molar refractivity (Wildman–Crippen MR) is 94.2 cm³/mol. The number of piperazine rings is 1. The third kappa shape index (κ3) is 4.04. The van der Waals surface area contributed by atoms with E-state index in [1.54, 1.807) is 0 Å². The van der Waals surface area contributed by atoms with Crippen LogP contribution in [0.4, 0.5) is 5.95 Å². The first-order valence-corrected chi connectivity index (χ1v) is 8.39. The molecule has 0 saturated carbocycles. The number of likely N-dealkylation sites (N-methyl/N-ethyl adjacent to an activating group) is 1. The summed E-state index contributed by atoms with van der Waals surface area (Å²) in [5.74, 6) is 1.20. The van der Waals surface area contributed by atoms with E-state index in [-0.39, 0.29) is 5.82 Å². The summed E-state index contributed by atoms with van der Waals surface area (Å²) in [4.78, 5) is 17.6. The lowest BCUT2D eigenvalue weighted by Gasteiger charge is -2.32. The molecule has 0 atom stereocenters. The summed E-state index contributed by atoms with van der Waals surface area (Å²) in [6, 6.07) is 9.62. The summed E-state index contributed by atoms with van der Waals surface area (Å²) in [5.41, 5.74) is 0.862. The van der Waals surface area contributed by atoms with Crippen LogP contribution in [0.3, 0.4) is 0 Å². The first-order chi connectivity index (χ1) is 10.9. The Hall–Kier alpha value is -1.14. The van der Waals surface area contributed by atoms with Crippen LogP contribution in [-0.4, -0.2) is 53.1 Å². The highest BCUT2D eigenvalue weighted by Gasteiger charge is 2.30. The monoisotopic (exact) mass is 371 g/mol. The van der Waals surface area contributed by atoms with E-state index in [0.717, 1.165) is 31.7 Å². The minimum atomic E-state index is -1.69. The van der Waals surface area contributed by atoms with E-state index in [9.17, 15) is 0 Å².